The van der Waals surface area contributed by atoms with Crippen LogP contribution >= 0.6 is 0 Å². The van der Waals surface area contributed by atoms with Gasteiger partial charge < -0.3 is 16.0 Å². The van der Waals surface area contributed by atoms with Gasteiger partial charge in [-0.1, -0.05) is 51.0 Å². The molecule has 0 atom stereocenters. The highest BCUT2D eigenvalue weighted by molar-refractivity contribution is 5.76. The molecule has 0 aromatic rings. The zero-order chi connectivity index (χ0) is 20.0. The van der Waals surface area contributed by atoms with Gasteiger partial charge in [0.2, 0.25) is 11.8 Å². The predicted octanol–water partition coefficient (Wildman–Crippen LogP) is 3.86. The number of unbranched alkanes of at least 4 members (excludes halogenated alkanes) is 2. The van der Waals surface area contributed by atoms with E-state index in [1.807, 2.05) is 0 Å². The summed E-state index contributed by atoms with van der Waals surface area (Å²) < 4.78 is 0. The number of hydrogen-bond acceptors (Lipinski definition) is 3. The van der Waals surface area contributed by atoms with Crippen LogP contribution in [0.2, 0.25) is 0 Å². The molecule has 2 amide bonds. The van der Waals surface area contributed by atoms with Gasteiger partial charge in [0.15, 0.2) is 0 Å². The molecule has 0 aliphatic carbocycles. The number of hydrogen-bond donors (Lipinski definition) is 3. The molecule has 0 fully saturated rings. The molecule has 0 heterocycles. The first-order valence-corrected chi connectivity index (χ1v) is 10.7. The van der Waals surface area contributed by atoms with Gasteiger partial charge in [-0.2, -0.15) is 0 Å². The van der Waals surface area contributed by atoms with E-state index in [0.29, 0.717) is 25.9 Å². The molecular formula is C22H41N3O2. The Bertz CT molecular complexity index is 382. The molecule has 0 aromatic heterocycles. The van der Waals surface area contributed by atoms with Gasteiger partial charge >= 0.3 is 0 Å². The van der Waals surface area contributed by atoms with Crippen LogP contribution in [0.15, 0.2) is 24.3 Å². The number of nitrogens with one attached hydrogen (secondary N) is 3. The van der Waals surface area contributed by atoms with Crippen LogP contribution < -0.4 is 16.0 Å². The van der Waals surface area contributed by atoms with Crippen LogP contribution in [0.4, 0.5) is 0 Å². The van der Waals surface area contributed by atoms with E-state index >= 15 is 0 Å². The van der Waals surface area contributed by atoms with E-state index in [-0.39, 0.29) is 11.8 Å². The molecule has 0 saturated heterocycles. The summed E-state index contributed by atoms with van der Waals surface area (Å²) in [5.41, 5.74) is 0. The van der Waals surface area contributed by atoms with Gasteiger partial charge in [0, 0.05) is 25.9 Å². The van der Waals surface area contributed by atoms with Gasteiger partial charge in [-0.25, -0.2) is 0 Å². The molecule has 0 aliphatic heterocycles. The molecule has 5 heteroatoms. The van der Waals surface area contributed by atoms with Gasteiger partial charge in [0.1, 0.15) is 0 Å². The maximum absolute atomic E-state index is 11.6. The largest absolute Gasteiger partial charge is 0.356 e. The van der Waals surface area contributed by atoms with Crippen LogP contribution in [0.5, 0.6) is 0 Å². The zero-order valence-electron chi connectivity index (χ0n) is 17.5. The second-order valence-electron chi connectivity index (χ2n) is 6.75. The highest BCUT2D eigenvalue weighted by Gasteiger charge is 1.99. The van der Waals surface area contributed by atoms with Gasteiger partial charge in [-0.05, 0) is 51.6 Å². The van der Waals surface area contributed by atoms with Crippen LogP contribution in [0.25, 0.3) is 0 Å². The molecule has 0 aliphatic rings. The van der Waals surface area contributed by atoms with Crippen LogP contribution in [0.3, 0.4) is 0 Å². The van der Waals surface area contributed by atoms with E-state index in [2.05, 4.69) is 54.1 Å². The molecule has 27 heavy (non-hydrogen) atoms. The van der Waals surface area contributed by atoms with E-state index in [0.717, 1.165) is 64.5 Å². The first-order chi connectivity index (χ1) is 13.2. The third kappa shape index (κ3) is 20.5. The average Bonchev–Trinajstić information content (AvgIpc) is 2.66. The van der Waals surface area contributed by atoms with Crippen LogP contribution in [-0.4, -0.2) is 38.0 Å². The van der Waals surface area contributed by atoms with Gasteiger partial charge in [0.25, 0.3) is 0 Å². The summed E-state index contributed by atoms with van der Waals surface area (Å²) >= 11 is 0. The zero-order valence-corrected chi connectivity index (χ0v) is 17.5. The summed E-state index contributed by atoms with van der Waals surface area (Å²) in [4.78, 5) is 23.3. The van der Waals surface area contributed by atoms with E-state index in [4.69, 9.17) is 0 Å². The Hall–Kier alpha value is -1.62. The molecule has 0 spiro atoms. The fourth-order valence-corrected chi connectivity index (χ4v) is 2.42. The van der Waals surface area contributed by atoms with Crippen molar-refractivity contribution in [1.82, 2.24) is 16.0 Å². The quantitative estimate of drug-likeness (QED) is 0.250. The van der Waals surface area contributed by atoms with Crippen LogP contribution in [0.1, 0.15) is 78.1 Å². The van der Waals surface area contributed by atoms with E-state index in [1.165, 1.54) is 0 Å². The molecule has 156 valence electrons. The molecule has 0 saturated carbocycles. The molecular weight excluding hydrogens is 338 g/mol. The molecule has 0 bridgehead atoms. The fourth-order valence-electron chi connectivity index (χ4n) is 2.42. The van der Waals surface area contributed by atoms with Gasteiger partial charge in [-0.3, -0.25) is 9.59 Å². The standard InChI is InChI=1S/C22H41N3O2/c1-3-5-7-9-11-15-21(26)24-19-13-17-23-18-14-20-25-22(27)16-12-10-8-6-4-2/h7-10,23H,3-6,11-20H2,1-2H3,(H,24,26)(H,25,27)/b9-7+,10-8+. The SMILES string of the molecule is CCC/C=C/CCC(=O)NCCCNCCCNC(=O)CC/C=C/CCC. The summed E-state index contributed by atoms with van der Waals surface area (Å²) in [6.45, 7) is 7.49. The van der Waals surface area contributed by atoms with Crippen LogP contribution in [-0.2, 0) is 9.59 Å². The normalized spacial score (nSPS) is 11.3. The van der Waals surface area contributed by atoms with Gasteiger partial charge in [-0.15, -0.1) is 0 Å². The lowest BCUT2D eigenvalue weighted by Gasteiger charge is -2.07. The lowest BCUT2D eigenvalue weighted by molar-refractivity contribution is -0.121. The molecule has 5 nitrogen and oxygen atoms in total. The number of rotatable bonds is 18. The summed E-state index contributed by atoms with van der Waals surface area (Å²) in [6.07, 6.45) is 17.6. The Balaban J connectivity index is 3.32. The smallest absolute Gasteiger partial charge is 0.220 e. The van der Waals surface area contributed by atoms with Crippen molar-refractivity contribution >= 4 is 11.8 Å². The third-order valence-corrected chi connectivity index (χ3v) is 4.03. The van der Waals surface area contributed by atoms with Crippen molar-refractivity contribution in [3.63, 3.8) is 0 Å². The summed E-state index contributed by atoms with van der Waals surface area (Å²) in [5, 5.41) is 9.24. The highest BCUT2D eigenvalue weighted by Crippen LogP contribution is 1.96. The minimum absolute atomic E-state index is 0.128. The lowest BCUT2D eigenvalue weighted by Crippen LogP contribution is -2.29. The molecule has 3 N–H and O–H groups in total. The van der Waals surface area contributed by atoms with E-state index in [9.17, 15) is 9.59 Å². The lowest BCUT2D eigenvalue weighted by atomic mass is 10.2. The first kappa shape index (κ1) is 25.4. The minimum atomic E-state index is 0.128. The minimum Gasteiger partial charge on any atom is -0.356 e. The van der Waals surface area contributed by atoms with Crippen molar-refractivity contribution in [3.05, 3.63) is 24.3 Å². The fraction of sp³-hybridized carbons (Fsp3) is 0.727. The maximum atomic E-state index is 11.6. The number of allylic oxidation sites excluding steroid dienone is 4. The predicted molar refractivity (Wildman–Crippen MR) is 115 cm³/mol. The van der Waals surface area contributed by atoms with E-state index in [1.54, 1.807) is 0 Å². The van der Waals surface area contributed by atoms with Crippen molar-refractivity contribution in [3.8, 4) is 0 Å². The van der Waals surface area contributed by atoms with E-state index < -0.39 is 0 Å². The second-order valence-corrected chi connectivity index (χ2v) is 6.75. The Morgan fingerprint density at radius 1 is 0.630 bits per heavy atom. The Kier molecular flexibility index (Phi) is 19.4. The first-order valence-electron chi connectivity index (χ1n) is 10.7. The summed E-state index contributed by atoms with van der Waals surface area (Å²) in [5.74, 6) is 0.256. The monoisotopic (exact) mass is 379 g/mol. The van der Waals surface area contributed by atoms with Crippen molar-refractivity contribution < 1.29 is 9.59 Å². The van der Waals surface area contributed by atoms with Crippen molar-refractivity contribution in [2.24, 2.45) is 0 Å². The van der Waals surface area contributed by atoms with Gasteiger partial charge in [0.05, 0.1) is 0 Å². The van der Waals surface area contributed by atoms with Crippen LogP contribution in [0, 0.1) is 0 Å². The molecule has 0 rings (SSSR count). The molecule has 0 aromatic carbocycles. The number of carbonyl (C=O) groups excluding carboxylic acids is 2. The molecule has 0 unspecified atom stereocenters. The number of carbonyl (C=O) groups is 2. The van der Waals surface area contributed by atoms with Crippen molar-refractivity contribution in [1.29, 1.82) is 0 Å². The molecule has 0 radical (unpaired) electrons. The van der Waals surface area contributed by atoms with Crippen molar-refractivity contribution in [2.45, 2.75) is 78.1 Å². The Morgan fingerprint density at radius 2 is 1.04 bits per heavy atom. The third-order valence-electron chi connectivity index (χ3n) is 4.03. The number of amides is 2. The average molecular weight is 380 g/mol. The second kappa shape index (κ2) is 20.7. The highest BCUT2D eigenvalue weighted by atomic mass is 16.2. The topological polar surface area (TPSA) is 70.2 Å². The maximum Gasteiger partial charge on any atom is 0.220 e. The summed E-state index contributed by atoms with van der Waals surface area (Å²) in [7, 11) is 0. The van der Waals surface area contributed by atoms with Crippen molar-refractivity contribution in [2.75, 3.05) is 26.2 Å². The summed E-state index contributed by atoms with van der Waals surface area (Å²) in [6, 6.07) is 0. The Morgan fingerprint density at radius 3 is 1.44 bits per heavy atom. The Labute approximate surface area is 166 Å².